The van der Waals surface area contributed by atoms with E-state index in [0.29, 0.717) is 18.1 Å². The number of carbonyl (C=O) groups is 1. The average molecular weight is 417 g/mol. The van der Waals surface area contributed by atoms with Crippen molar-refractivity contribution < 1.29 is 14.6 Å². The van der Waals surface area contributed by atoms with Gasteiger partial charge in [-0.15, -0.1) is 11.3 Å². The molecule has 2 atom stereocenters. The third-order valence-electron chi connectivity index (χ3n) is 4.71. The van der Waals surface area contributed by atoms with E-state index in [9.17, 15) is 9.90 Å². The lowest BCUT2D eigenvalue weighted by Crippen LogP contribution is -2.42. The highest BCUT2D eigenvalue weighted by molar-refractivity contribution is 7.11. The van der Waals surface area contributed by atoms with Gasteiger partial charge in [0.2, 0.25) is 0 Å². The van der Waals surface area contributed by atoms with E-state index >= 15 is 0 Å². The van der Waals surface area contributed by atoms with Crippen LogP contribution in [0.2, 0.25) is 0 Å². The maximum absolute atomic E-state index is 12.8. The van der Waals surface area contributed by atoms with Gasteiger partial charge in [0.1, 0.15) is 5.75 Å². The molecule has 6 heteroatoms. The van der Waals surface area contributed by atoms with Crippen LogP contribution in [-0.4, -0.2) is 23.2 Å². The Bertz CT molecular complexity index is 793. The number of carbonyl (C=O) groups excluding carboxylic acids is 1. The van der Waals surface area contributed by atoms with Gasteiger partial charge in [-0.3, -0.25) is 4.79 Å². The smallest absolute Gasteiger partial charge is 0.254 e. The Kier molecular flexibility index (Phi) is 8.29. The maximum Gasteiger partial charge on any atom is 0.254 e. The van der Waals surface area contributed by atoms with Gasteiger partial charge >= 0.3 is 0 Å². The number of ether oxygens (including phenoxy) is 1. The molecule has 2 aromatic rings. The Morgan fingerprint density at radius 3 is 2.52 bits per heavy atom. The van der Waals surface area contributed by atoms with Gasteiger partial charge in [-0.05, 0) is 55.3 Å². The predicted octanol–water partition coefficient (Wildman–Crippen LogP) is 4.49. The van der Waals surface area contributed by atoms with Gasteiger partial charge in [0, 0.05) is 11.1 Å². The van der Waals surface area contributed by atoms with E-state index in [-0.39, 0.29) is 5.91 Å². The molecular formula is C23H32N2O3S. The molecule has 0 aliphatic rings. The van der Waals surface area contributed by atoms with Gasteiger partial charge < -0.3 is 20.9 Å². The van der Waals surface area contributed by atoms with Crippen LogP contribution in [0.25, 0.3) is 5.57 Å². The quantitative estimate of drug-likeness (QED) is 0.498. The fourth-order valence-electron chi connectivity index (χ4n) is 3.15. The van der Waals surface area contributed by atoms with Crippen LogP contribution in [0.1, 0.15) is 57.0 Å². The summed E-state index contributed by atoms with van der Waals surface area (Å²) in [5.74, 6) is 0.955. The van der Waals surface area contributed by atoms with Crippen molar-refractivity contribution in [3.63, 3.8) is 0 Å². The minimum Gasteiger partial charge on any atom is -0.493 e. The van der Waals surface area contributed by atoms with E-state index in [0.717, 1.165) is 29.0 Å². The van der Waals surface area contributed by atoms with Gasteiger partial charge in [-0.25, -0.2) is 0 Å². The van der Waals surface area contributed by atoms with Crippen molar-refractivity contribution in [2.75, 3.05) is 6.61 Å². The van der Waals surface area contributed by atoms with Gasteiger partial charge in [-0.1, -0.05) is 38.5 Å². The molecule has 1 unspecified atom stereocenters. The zero-order chi connectivity index (χ0) is 21.4. The first-order chi connectivity index (χ1) is 13.8. The minimum absolute atomic E-state index is 0.323. The van der Waals surface area contributed by atoms with Gasteiger partial charge in [0.05, 0.1) is 23.8 Å². The van der Waals surface area contributed by atoms with Crippen LogP contribution in [0.5, 0.6) is 5.75 Å². The second-order valence-electron chi connectivity index (χ2n) is 7.89. The van der Waals surface area contributed by atoms with Crippen molar-refractivity contribution in [3.8, 4) is 5.75 Å². The second kappa shape index (κ2) is 10.5. The van der Waals surface area contributed by atoms with Crippen molar-refractivity contribution in [3.05, 3.63) is 58.4 Å². The molecule has 0 bridgehead atoms. The standard InChI is InChI=1S/C23H32N2O3S/c1-5-7-16(2)15-28-18-11-9-17(10-12-18)21(23(3,4)27)25-22(26)19(14-24)20-8-6-13-29-20/h6,8-14,16,21,27H,5,7,15,24H2,1-4H3,(H,25,26)/t16?,21-/m1/s1. The van der Waals surface area contributed by atoms with Crippen molar-refractivity contribution in [1.29, 1.82) is 0 Å². The van der Waals surface area contributed by atoms with Crippen LogP contribution in [0.4, 0.5) is 0 Å². The molecule has 0 fully saturated rings. The van der Waals surface area contributed by atoms with E-state index in [4.69, 9.17) is 10.5 Å². The predicted molar refractivity (Wildman–Crippen MR) is 120 cm³/mol. The summed E-state index contributed by atoms with van der Waals surface area (Å²) in [6.45, 7) is 8.36. The summed E-state index contributed by atoms with van der Waals surface area (Å²) in [5, 5.41) is 15.5. The number of aliphatic hydroxyl groups is 1. The van der Waals surface area contributed by atoms with Crippen LogP contribution < -0.4 is 15.8 Å². The number of benzene rings is 1. The Labute approximate surface area is 177 Å². The molecular weight excluding hydrogens is 384 g/mol. The molecule has 0 saturated heterocycles. The second-order valence-corrected chi connectivity index (χ2v) is 8.84. The minimum atomic E-state index is -1.16. The fraction of sp³-hybridized carbons (Fsp3) is 0.435. The molecule has 1 aromatic carbocycles. The highest BCUT2D eigenvalue weighted by Crippen LogP contribution is 2.29. The number of nitrogens with two attached hydrogens (primary N) is 1. The summed E-state index contributed by atoms with van der Waals surface area (Å²) in [6.07, 6.45) is 3.57. The zero-order valence-electron chi connectivity index (χ0n) is 17.6. The highest BCUT2D eigenvalue weighted by atomic mass is 32.1. The monoisotopic (exact) mass is 416 g/mol. The molecule has 158 valence electrons. The number of nitrogens with one attached hydrogen (secondary N) is 1. The molecule has 29 heavy (non-hydrogen) atoms. The normalized spacial score (nSPS) is 14.3. The number of hydrogen-bond donors (Lipinski definition) is 3. The van der Waals surface area contributed by atoms with Crippen LogP contribution in [-0.2, 0) is 4.79 Å². The first kappa shape index (κ1) is 23.0. The first-order valence-electron chi connectivity index (χ1n) is 9.98. The van der Waals surface area contributed by atoms with Crippen LogP contribution in [0.3, 0.4) is 0 Å². The SMILES string of the molecule is CCCC(C)COc1ccc([C@@H](NC(=O)C(=CN)c2cccs2)C(C)(C)O)cc1. The van der Waals surface area contributed by atoms with Crippen molar-refractivity contribution >= 4 is 22.8 Å². The van der Waals surface area contributed by atoms with E-state index in [1.807, 2.05) is 41.8 Å². The van der Waals surface area contributed by atoms with E-state index < -0.39 is 11.6 Å². The molecule has 1 heterocycles. The molecule has 5 nitrogen and oxygen atoms in total. The zero-order valence-corrected chi connectivity index (χ0v) is 18.5. The van der Waals surface area contributed by atoms with E-state index in [2.05, 4.69) is 19.2 Å². The Balaban J connectivity index is 2.13. The van der Waals surface area contributed by atoms with Gasteiger partial charge in [0.15, 0.2) is 0 Å². The molecule has 2 rings (SSSR count). The largest absolute Gasteiger partial charge is 0.493 e. The van der Waals surface area contributed by atoms with Crippen LogP contribution in [0, 0.1) is 5.92 Å². The van der Waals surface area contributed by atoms with Crippen LogP contribution >= 0.6 is 11.3 Å². The first-order valence-corrected chi connectivity index (χ1v) is 10.9. The third-order valence-corrected chi connectivity index (χ3v) is 5.61. The van der Waals surface area contributed by atoms with Gasteiger partial charge in [-0.2, -0.15) is 0 Å². The summed E-state index contributed by atoms with van der Waals surface area (Å²) < 4.78 is 5.85. The molecule has 0 aliphatic carbocycles. The molecule has 0 spiro atoms. The fourth-order valence-corrected chi connectivity index (χ4v) is 3.90. The van der Waals surface area contributed by atoms with Crippen molar-refractivity contribution in [2.45, 2.75) is 52.2 Å². The molecule has 4 N–H and O–H groups in total. The highest BCUT2D eigenvalue weighted by Gasteiger charge is 2.31. The van der Waals surface area contributed by atoms with Crippen molar-refractivity contribution in [1.82, 2.24) is 5.32 Å². The lowest BCUT2D eigenvalue weighted by atomic mass is 9.91. The van der Waals surface area contributed by atoms with Crippen LogP contribution in [0.15, 0.2) is 48.0 Å². The maximum atomic E-state index is 12.8. The Morgan fingerprint density at radius 1 is 1.31 bits per heavy atom. The number of thiophene rings is 1. The summed E-state index contributed by atoms with van der Waals surface area (Å²) in [6, 6.07) is 10.6. The summed E-state index contributed by atoms with van der Waals surface area (Å²) >= 11 is 1.44. The Hall–Kier alpha value is -2.31. The third kappa shape index (κ3) is 6.61. The number of hydrogen-bond acceptors (Lipinski definition) is 5. The molecule has 1 aromatic heterocycles. The molecule has 0 aliphatic heterocycles. The Morgan fingerprint density at radius 2 is 2.00 bits per heavy atom. The average Bonchev–Trinajstić information content (AvgIpc) is 3.19. The van der Waals surface area contributed by atoms with Crippen molar-refractivity contribution in [2.24, 2.45) is 11.7 Å². The number of rotatable bonds is 10. The molecule has 1 amide bonds. The summed E-state index contributed by atoms with van der Waals surface area (Å²) in [5.41, 5.74) is 5.71. The summed E-state index contributed by atoms with van der Waals surface area (Å²) in [7, 11) is 0. The molecule has 0 saturated carbocycles. The van der Waals surface area contributed by atoms with Gasteiger partial charge in [0.25, 0.3) is 5.91 Å². The molecule has 0 radical (unpaired) electrons. The van der Waals surface area contributed by atoms with E-state index in [1.54, 1.807) is 13.8 Å². The van der Waals surface area contributed by atoms with E-state index in [1.165, 1.54) is 17.5 Å². The lowest BCUT2D eigenvalue weighted by Gasteiger charge is -2.31. The lowest BCUT2D eigenvalue weighted by molar-refractivity contribution is -0.118. The topological polar surface area (TPSA) is 84.6 Å². The summed E-state index contributed by atoms with van der Waals surface area (Å²) in [4.78, 5) is 13.6. The number of amides is 1.